The zero-order valence-electron chi connectivity index (χ0n) is 15.0. The van der Waals surface area contributed by atoms with Gasteiger partial charge in [-0.3, -0.25) is 4.79 Å². The summed E-state index contributed by atoms with van der Waals surface area (Å²) in [4.78, 5) is 12.4. The lowest BCUT2D eigenvalue weighted by atomic mass is 10.1. The molecule has 1 amide bonds. The van der Waals surface area contributed by atoms with Crippen molar-refractivity contribution < 1.29 is 9.53 Å². The molecule has 0 aliphatic heterocycles. The van der Waals surface area contributed by atoms with Crippen LogP contribution >= 0.6 is 0 Å². The van der Waals surface area contributed by atoms with E-state index in [2.05, 4.69) is 10.5 Å². The Bertz CT molecular complexity index is 931. The van der Waals surface area contributed by atoms with Crippen LogP contribution in [0.1, 0.15) is 21.5 Å². The van der Waals surface area contributed by atoms with E-state index < -0.39 is 0 Å². The lowest BCUT2D eigenvalue weighted by molar-refractivity contribution is 0.0955. The van der Waals surface area contributed by atoms with Gasteiger partial charge in [-0.25, -0.2) is 5.43 Å². The molecule has 0 radical (unpaired) electrons. The molecule has 0 aromatic heterocycles. The van der Waals surface area contributed by atoms with E-state index in [4.69, 9.17) is 4.74 Å². The van der Waals surface area contributed by atoms with Gasteiger partial charge in [0.25, 0.3) is 5.91 Å². The van der Waals surface area contributed by atoms with Gasteiger partial charge in [0.15, 0.2) is 0 Å². The largest absolute Gasteiger partial charge is 0.497 e. The van der Waals surface area contributed by atoms with Crippen molar-refractivity contribution in [2.75, 3.05) is 7.11 Å². The van der Waals surface area contributed by atoms with Crippen molar-refractivity contribution in [1.29, 1.82) is 0 Å². The standard InChI is InChI=1S/C23H20N2O2/c1-27-21-15-13-20(14-16-21)23(26)25-24-22(19-10-6-3-7-11-19)17-12-18-8-4-2-5-9-18/h2-17H,1H3,(H,25,26)/b17-12+,24-22-. The summed E-state index contributed by atoms with van der Waals surface area (Å²) in [6, 6.07) is 26.5. The van der Waals surface area contributed by atoms with Gasteiger partial charge in [0.05, 0.1) is 12.8 Å². The number of hydrogen-bond acceptors (Lipinski definition) is 3. The molecule has 0 saturated heterocycles. The lowest BCUT2D eigenvalue weighted by Crippen LogP contribution is -2.19. The molecule has 3 aromatic rings. The number of hydrogen-bond donors (Lipinski definition) is 1. The summed E-state index contributed by atoms with van der Waals surface area (Å²) in [5.74, 6) is 0.421. The number of carbonyl (C=O) groups excluding carboxylic acids is 1. The predicted octanol–water partition coefficient (Wildman–Crippen LogP) is 4.54. The van der Waals surface area contributed by atoms with Gasteiger partial charge >= 0.3 is 0 Å². The zero-order valence-corrected chi connectivity index (χ0v) is 15.0. The Balaban J connectivity index is 1.81. The van der Waals surface area contributed by atoms with Crippen LogP contribution in [0, 0.1) is 0 Å². The molecule has 0 aliphatic rings. The number of carbonyl (C=O) groups is 1. The number of methoxy groups -OCH3 is 1. The SMILES string of the molecule is COc1ccc(C(=O)N/N=C(/C=C/c2ccccc2)c2ccccc2)cc1. The van der Waals surface area contributed by atoms with Gasteiger partial charge in [0, 0.05) is 11.1 Å². The fourth-order valence-electron chi connectivity index (χ4n) is 2.46. The van der Waals surface area contributed by atoms with Crippen LogP contribution in [0.2, 0.25) is 0 Å². The number of nitrogens with zero attached hydrogens (tertiary/aromatic N) is 1. The van der Waals surface area contributed by atoms with Gasteiger partial charge in [-0.2, -0.15) is 5.10 Å². The van der Waals surface area contributed by atoms with Crippen LogP contribution in [-0.2, 0) is 0 Å². The van der Waals surface area contributed by atoms with Gasteiger partial charge in [-0.05, 0) is 35.9 Å². The highest BCUT2D eigenvalue weighted by atomic mass is 16.5. The fraction of sp³-hybridized carbons (Fsp3) is 0.0435. The van der Waals surface area contributed by atoms with Gasteiger partial charge in [-0.15, -0.1) is 0 Å². The number of hydrazone groups is 1. The predicted molar refractivity (Wildman–Crippen MR) is 109 cm³/mol. The third-order valence-electron chi connectivity index (χ3n) is 3.93. The molecule has 0 bridgehead atoms. The number of amides is 1. The van der Waals surface area contributed by atoms with Gasteiger partial charge in [0.1, 0.15) is 5.75 Å². The molecule has 0 fully saturated rings. The molecule has 3 rings (SSSR count). The molecular weight excluding hydrogens is 336 g/mol. The smallest absolute Gasteiger partial charge is 0.271 e. The van der Waals surface area contributed by atoms with Gasteiger partial charge in [0.2, 0.25) is 0 Å². The summed E-state index contributed by atoms with van der Waals surface area (Å²) in [6.45, 7) is 0. The van der Waals surface area contributed by atoms with Crippen LogP contribution in [0.25, 0.3) is 6.08 Å². The molecule has 27 heavy (non-hydrogen) atoms. The van der Waals surface area contributed by atoms with Crippen molar-refractivity contribution in [1.82, 2.24) is 5.43 Å². The molecule has 0 unspecified atom stereocenters. The Morgan fingerprint density at radius 3 is 2.11 bits per heavy atom. The van der Waals surface area contributed by atoms with Crippen LogP contribution in [0.4, 0.5) is 0 Å². The Morgan fingerprint density at radius 2 is 1.48 bits per heavy atom. The van der Waals surface area contributed by atoms with E-state index >= 15 is 0 Å². The first-order valence-corrected chi connectivity index (χ1v) is 8.57. The van der Waals surface area contributed by atoms with Crippen molar-refractivity contribution in [2.24, 2.45) is 5.10 Å². The second kappa shape index (κ2) is 9.15. The molecule has 4 nitrogen and oxygen atoms in total. The molecule has 0 saturated carbocycles. The Labute approximate surface area is 158 Å². The summed E-state index contributed by atoms with van der Waals surface area (Å²) in [6.07, 6.45) is 3.85. The normalized spacial score (nSPS) is 11.4. The molecular formula is C23H20N2O2. The third kappa shape index (κ3) is 5.16. The zero-order chi connectivity index (χ0) is 18.9. The van der Waals surface area contributed by atoms with Crippen molar-refractivity contribution in [3.8, 4) is 5.75 Å². The van der Waals surface area contributed by atoms with E-state index in [9.17, 15) is 4.79 Å². The second-order valence-electron chi connectivity index (χ2n) is 5.78. The number of benzene rings is 3. The topological polar surface area (TPSA) is 50.7 Å². The maximum atomic E-state index is 12.4. The monoisotopic (exact) mass is 356 g/mol. The number of ether oxygens (including phenoxy) is 1. The average Bonchev–Trinajstić information content (AvgIpc) is 2.75. The first kappa shape index (κ1) is 18.1. The molecule has 0 atom stereocenters. The van der Waals surface area contributed by atoms with Crippen molar-refractivity contribution in [3.63, 3.8) is 0 Å². The summed E-state index contributed by atoms with van der Waals surface area (Å²) in [5.41, 5.74) is 5.78. The molecule has 1 N–H and O–H groups in total. The molecule has 3 aromatic carbocycles. The molecule has 0 heterocycles. The van der Waals surface area contributed by atoms with E-state index in [1.807, 2.05) is 72.8 Å². The van der Waals surface area contributed by atoms with Crippen LogP contribution in [0.3, 0.4) is 0 Å². The third-order valence-corrected chi connectivity index (χ3v) is 3.93. The quantitative estimate of drug-likeness (QED) is 0.521. The first-order chi connectivity index (χ1) is 13.3. The summed E-state index contributed by atoms with van der Waals surface area (Å²) >= 11 is 0. The number of rotatable bonds is 6. The van der Waals surface area contributed by atoms with E-state index in [-0.39, 0.29) is 5.91 Å². The second-order valence-corrected chi connectivity index (χ2v) is 5.78. The average molecular weight is 356 g/mol. The van der Waals surface area contributed by atoms with E-state index in [1.54, 1.807) is 31.4 Å². The summed E-state index contributed by atoms with van der Waals surface area (Å²) < 4.78 is 5.11. The van der Waals surface area contributed by atoms with E-state index in [1.165, 1.54) is 0 Å². The van der Waals surface area contributed by atoms with Gasteiger partial charge < -0.3 is 4.74 Å². The fourth-order valence-corrected chi connectivity index (χ4v) is 2.46. The van der Waals surface area contributed by atoms with Crippen LogP contribution in [0.15, 0.2) is 96.1 Å². The highest BCUT2D eigenvalue weighted by Crippen LogP contribution is 2.11. The molecule has 0 spiro atoms. The number of allylic oxidation sites excluding steroid dienone is 1. The molecule has 4 heteroatoms. The number of nitrogens with one attached hydrogen (secondary N) is 1. The minimum Gasteiger partial charge on any atom is -0.497 e. The summed E-state index contributed by atoms with van der Waals surface area (Å²) in [5, 5.41) is 4.33. The van der Waals surface area contributed by atoms with E-state index in [0.29, 0.717) is 17.0 Å². The van der Waals surface area contributed by atoms with Crippen molar-refractivity contribution in [3.05, 3.63) is 108 Å². The van der Waals surface area contributed by atoms with Crippen LogP contribution in [-0.4, -0.2) is 18.7 Å². The van der Waals surface area contributed by atoms with Crippen LogP contribution < -0.4 is 10.2 Å². The van der Waals surface area contributed by atoms with Crippen molar-refractivity contribution >= 4 is 17.7 Å². The maximum absolute atomic E-state index is 12.4. The highest BCUT2D eigenvalue weighted by molar-refractivity contribution is 6.11. The summed E-state index contributed by atoms with van der Waals surface area (Å²) in [7, 11) is 1.59. The highest BCUT2D eigenvalue weighted by Gasteiger charge is 2.06. The Kier molecular flexibility index (Phi) is 6.15. The maximum Gasteiger partial charge on any atom is 0.271 e. The minimum absolute atomic E-state index is 0.279. The first-order valence-electron chi connectivity index (χ1n) is 8.57. The van der Waals surface area contributed by atoms with Crippen LogP contribution in [0.5, 0.6) is 5.75 Å². The van der Waals surface area contributed by atoms with Gasteiger partial charge in [-0.1, -0.05) is 66.7 Å². The minimum atomic E-state index is -0.279. The Morgan fingerprint density at radius 1 is 0.852 bits per heavy atom. The molecule has 134 valence electrons. The molecule has 0 aliphatic carbocycles. The van der Waals surface area contributed by atoms with E-state index in [0.717, 1.165) is 11.1 Å². The Hall–Kier alpha value is -3.66. The lowest BCUT2D eigenvalue weighted by Gasteiger charge is -2.05. The van der Waals surface area contributed by atoms with Crippen molar-refractivity contribution in [2.45, 2.75) is 0 Å².